The molecule has 0 unspecified atom stereocenters. The SMILES string of the molecule is COc1ccc(C(C)=O)c(C(N)=O)c1. The van der Waals surface area contributed by atoms with Crippen LogP contribution in [0.25, 0.3) is 0 Å². The van der Waals surface area contributed by atoms with Crippen LogP contribution in [0.5, 0.6) is 5.75 Å². The minimum Gasteiger partial charge on any atom is -0.497 e. The highest BCUT2D eigenvalue weighted by Gasteiger charge is 2.12. The third-order valence-corrected chi connectivity index (χ3v) is 1.87. The summed E-state index contributed by atoms with van der Waals surface area (Å²) in [7, 11) is 1.48. The summed E-state index contributed by atoms with van der Waals surface area (Å²) in [6.07, 6.45) is 0. The standard InChI is InChI=1S/C10H11NO3/c1-6(12)8-4-3-7(14-2)5-9(8)10(11)13/h3-5H,1-2H3,(H2,11,13). The van der Waals surface area contributed by atoms with Crippen LogP contribution in [0.4, 0.5) is 0 Å². The largest absolute Gasteiger partial charge is 0.497 e. The molecule has 0 atom stereocenters. The molecule has 14 heavy (non-hydrogen) atoms. The van der Waals surface area contributed by atoms with Gasteiger partial charge in [-0.05, 0) is 25.1 Å². The molecule has 0 aliphatic rings. The van der Waals surface area contributed by atoms with Gasteiger partial charge in [0.05, 0.1) is 12.7 Å². The average Bonchev–Trinajstić information content (AvgIpc) is 2.16. The Morgan fingerprint density at radius 3 is 2.36 bits per heavy atom. The summed E-state index contributed by atoms with van der Waals surface area (Å²) >= 11 is 0. The van der Waals surface area contributed by atoms with Crippen molar-refractivity contribution in [2.75, 3.05) is 7.11 Å². The van der Waals surface area contributed by atoms with E-state index in [0.717, 1.165) is 0 Å². The first kappa shape index (κ1) is 10.2. The van der Waals surface area contributed by atoms with Crippen LogP contribution in [-0.4, -0.2) is 18.8 Å². The zero-order valence-corrected chi connectivity index (χ0v) is 8.03. The molecular formula is C10H11NO3. The molecular weight excluding hydrogens is 182 g/mol. The number of rotatable bonds is 3. The van der Waals surface area contributed by atoms with Gasteiger partial charge in [0.1, 0.15) is 5.75 Å². The van der Waals surface area contributed by atoms with Crippen LogP contribution < -0.4 is 10.5 Å². The Labute approximate surface area is 81.7 Å². The van der Waals surface area contributed by atoms with Gasteiger partial charge in [-0.25, -0.2) is 0 Å². The lowest BCUT2D eigenvalue weighted by molar-refractivity contribution is 0.0973. The van der Waals surface area contributed by atoms with E-state index in [1.807, 2.05) is 0 Å². The van der Waals surface area contributed by atoms with Crippen LogP contribution in [0.15, 0.2) is 18.2 Å². The van der Waals surface area contributed by atoms with Crippen molar-refractivity contribution >= 4 is 11.7 Å². The summed E-state index contributed by atoms with van der Waals surface area (Å²) in [6.45, 7) is 1.38. The molecule has 0 aliphatic carbocycles. The second-order valence-electron chi connectivity index (χ2n) is 2.83. The quantitative estimate of drug-likeness (QED) is 0.728. The minimum absolute atomic E-state index is 0.192. The maximum atomic E-state index is 11.1. The lowest BCUT2D eigenvalue weighted by Gasteiger charge is -2.05. The first-order chi connectivity index (χ1) is 6.56. The van der Waals surface area contributed by atoms with Crippen LogP contribution in [0.3, 0.4) is 0 Å². The summed E-state index contributed by atoms with van der Waals surface area (Å²) in [5.41, 5.74) is 5.64. The van der Waals surface area contributed by atoms with E-state index >= 15 is 0 Å². The third-order valence-electron chi connectivity index (χ3n) is 1.87. The molecule has 4 heteroatoms. The molecule has 0 fully saturated rings. The fourth-order valence-electron chi connectivity index (χ4n) is 1.16. The Morgan fingerprint density at radius 1 is 1.29 bits per heavy atom. The number of carbonyl (C=O) groups excluding carboxylic acids is 2. The van der Waals surface area contributed by atoms with Gasteiger partial charge in [-0.15, -0.1) is 0 Å². The van der Waals surface area contributed by atoms with E-state index in [0.29, 0.717) is 11.3 Å². The summed E-state index contributed by atoms with van der Waals surface area (Å²) in [5.74, 6) is -0.320. The van der Waals surface area contributed by atoms with Crippen LogP contribution >= 0.6 is 0 Å². The Bertz CT molecular complexity index is 385. The highest BCUT2D eigenvalue weighted by atomic mass is 16.5. The van der Waals surface area contributed by atoms with Crippen molar-refractivity contribution in [3.8, 4) is 5.75 Å². The topological polar surface area (TPSA) is 69.4 Å². The van der Waals surface area contributed by atoms with Crippen LogP contribution in [0.1, 0.15) is 27.6 Å². The zero-order valence-electron chi connectivity index (χ0n) is 8.03. The second-order valence-corrected chi connectivity index (χ2v) is 2.83. The van der Waals surface area contributed by atoms with Gasteiger partial charge in [0.2, 0.25) is 5.91 Å². The highest BCUT2D eigenvalue weighted by Crippen LogP contribution is 2.17. The lowest BCUT2D eigenvalue weighted by Crippen LogP contribution is -2.15. The van der Waals surface area contributed by atoms with Crippen molar-refractivity contribution in [2.45, 2.75) is 6.92 Å². The molecule has 0 heterocycles. The molecule has 0 saturated carbocycles. The number of hydrogen-bond donors (Lipinski definition) is 1. The molecule has 0 bridgehead atoms. The number of Topliss-reactive ketones (excluding diaryl/α,β-unsaturated/α-hetero) is 1. The van der Waals surface area contributed by atoms with Crippen LogP contribution in [0.2, 0.25) is 0 Å². The van der Waals surface area contributed by atoms with Crippen LogP contribution in [-0.2, 0) is 0 Å². The van der Waals surface area contributed by atoms with Gasteiger partial charge in [-0.2, -0.15) is 0 Å². The number of methoxy groups -OCH3 is 1. The second kappa shape index (κ2) is 3.91. The number of benzene rings is 1. The van der Waals surface area contributed by atoms with E-state index in [4.69, 9.17) is 10.5 Å². The fraction of sp³-hybridized carbons (Fsp3) is 0.200. The van der Waals surface area contributed by atoms with E-state index < -0.39 is 5.91 Å². The van der Waals surface area contributed by atoms with Gasteiger partial charge < -0.3 is 10.5 Å². The molecule has 2 N–H and O–H groups in total. The maximum absolute atomic E-state index is 11.1. The Morgan fingerprint density at radius 2 is 1.93 bits per heavy atom. The number of primary amides is 1. The molecule has 74 valence electrons. The molecule has 0 spiro atoms. The number of ketones is 1. The number of hydrogen-bond acceptors (Lipinski definition) is 3. The minimum atomic E-state index is -0.630. The van der Waals surface area contributed by atoms with E-state index in [-0.39, 0.29) is 11.3 Å². The predicted molar refractivity (Wildman–Crippen MR) is 51.5 cm³/mol. The summed E-state index contributed by atoms with van der Waals surface area (Å²) in [5, 5.41) is 0. The molecule has 1 aromatic rings. The van der Waals surface area contributed by atoms with Crippen molar-refractivity contribution in [1.29, 1.82) is 0 Å². The number of carbonyl (C=O) groups is 2. The van der Waals surface area contributed by atoms with E-state index in [2.05, 4.69) is 0 Å². The van der Waals surface area contributed by atoms with Crippen LogP contribution in [0, 0.1) is 0 Å². The number of amides is 1. The first-order valence-electron chi connectivity index (χ1n) is 4.05. The lowest BCUT2D eigenvalue weighted by atomic mass is 10.0. The summed E-state index contributed by atoms with van der Waals surface area (Å²) in [4.78, 5) is 22.1. The first-order valence-corrected chi connectivity index (χ1v) is 4.05. The molecule has 0 aliphatic heterocycles. The van der Waals surface area contributed by atoms with Crippen molar-refractivity contribution < 1.29 is 14.3 Å². The highest BCUT2D eigenvalue weighted by molar-refractivity contribution is 6.06. The monoisotopic (exact) mass is 193 g/mol. The van der Waals surface area contributed by atoms with Gasteiger partial charge in [-0.1, -0.05) is 0 Å². The molecule has 1 amide bonds. The van der Waals surface area contributed by atoms with Gasteiger partial charge in [0.15, 0.2) is 5.78 Å². The van der Waals surface area contributed by atoms with Crippen molar-refractivity contribution in [1.82, 2.24) is 0 Å². The summed E-state index contributed by atoms with van der Waals surface area (Å²) < 4.78 is 4.92. The molecule has 0 aromatic heterocycles. The fourth-order valence-corrected chi connectivity index (χ4v) is 1.16. The summed E-state index contributed by atoms with van der Waals surface area (Å²) in [6, 6.07) is 4.60. The molecule has 1 aromatic carbocycles. The Kier molecular flexibility index (Phi) is 2.86. The van der Waals surface area contributed by atoms with Gasteiger partial charge in [0, 0.05) is 5.56 Å². The van der Waals surface area contributed by atoms with Gasteiger partial charge >= 0.3 is 0 Å². The Balaban J connectivity index is 3.31. The average molecular weight is 193 g/mol. The zero-order chi connectivity index (χ0) is 10.7. The van der Waals surface area contributed by atoms with Crippen molar-refractivity contribution in [3.63, 3.8) is 0 Å². The van der Waals surface area contributed by atoms with Crippen molar-refractivity contribution in [3.05, 3.63) is 29.3 Å². The van der Waals surface area contributed by atoms with Crippen molar-refractivity contribution in [2.24, 2.45) is 5.73 Å². The Hall–Kier alpha value is -1.84. The molecule has 4 nitrogen and oxygen atoms in total. The number of nitrogens with two attached hydrogens (primary N) is 1. The molecule has 1 rings (SSSR count). The smallest absolute Gasteiger partial charge is 0.249 e. The van der Waals surface area contributed by atoms with E-state index in [1.165, 1.54) is 26.2 Å². The third kappa shape index (κ3) is 1.90. The van der Waals surface area contributed by atoms with Gasteiger partial charge in [-0.3, -0.25) is 9.59 Å². The van der Waals surface area contributed by atoms with Gasteiger partial charge in [0.25, 0.3) is 0 Å². The molecule has 0 saturated heterocycles. The maximum Gasteiger partial charge on any atom is 0.249 e. The normalized spacial score (nSPS) is 9.57. The predicted octanol–water partition coefficient (Wildman–Crippen LogP) is 0.997. The number of ether oxygens (including phenoxy) is 1. The van der Waals surface area contributed by atoms with E-state index in [1.54, 1.807) is 6.07 Å². The van der Waals surface area contributed by atoms with E-state index in [9.17, 15) is 9.59 Å². The molecule has 0 radical (unpaired) electrons.